The fraction of sp³-hybridized carbons (Fsp3) is 0.188. The number of ketones is 1. The van der Waals surface area contributed by atoms with Crippen LogP contribution in [-0.2, 0) is 0 Å². The lowest BCUT2D eigenvalue weighted by atomic mass is 9.97. The minimum Gasteiger partial charge on any atom is -0.495 e. The van der Waals surface area contributed by atoms with Crippen LogP contribution >= 0.6 is 15.9 Å². The second kappa shape index (κ2) is 5.67. The van der Waals surface area contributed by atoms with Crippen molar-refractivity contribution in [3.63, 3.8) is 0 Å². The normalized spacial score (nSPS) is 10.4. The number of benzene rings is 2. The van der Waals surface area contributed by atoms with Crippen LogP contribution in [0.3, 0.4) is 0 Å². The monoisotopic (exact) mass is 333 g/mol. The lowest BCUT2D eigenvalue weighted by molar-refractivity contribution is 0.103. The average Bonchev–Trinajstić information content (AvgIpc) is 2.42. The van der Waals surface area contributed by atoms with Crippen LogP contribution in [0.2, 0.25) is 0 Å². The van der Waals surface area contributed by atoms with Gasteiger partial charge in [-0.05, 0) is 55.3 Å². The Labute approximate surface area is 126 Å². The van der Waals surface area contributed by atoms with E-state index >= 15 is 0 Å². The van der Waals surface area contributed by atoms with E-state index in [1.807, 2.05) is 26.0 Å². The van der Waals surface area contributed by atoms with Crippen molar-refractivity contribution in [1.29, 1.82) is 0 Å². The van der Waals surface area contributed by atoms with E-state index in [0.29, 0.717) is 22.6 Å². The predicted molar refractivity (Wildman–Crippen MR) is 84.5 cm³/mol. The number of hydrogen-bond acceptors (Lipinski definition) is 3. The van der Waals surface area contributed by atoms with Crippen molar-refractivity contribution in [2.24, 2.45) is 0 Å². The fourth-order valence-corrected chi connectivity index (χ4v) is 2.49. The Morgan fingerprint density at radius 1 is 1.15 bits per heavy atom. The number of anilines is 1. The van der Waals surface area contributed by atoms with Crippen LogP contribution in [0.1, 0.15) is 27.0 Å². The first-order valence-electron chi connectivity index (χ1n) is 6.19. The molecule has 2 N–H and O–H groups in total. The summed E-state index contributed by atoms with van der Waals surface area (Å²) in [5, 5.41) is 0. The number of rotatable bonds is 3. The quantitative estimate of drug-likeness (QED) is 0.684. The minimum absolute atomic E-state index is 0.0311. The number of carbonyl (C=O) groups is 1. The van der Waals surface area contributed by atoms with E-state index in [-0.39, 0.29) is 5.78 Å². The maximum atomic E-state index is 12.6. The van der Waals surface area contributed by atoms with Crippen LogP contribution < -0.4 is 10.5 Å². The highest BCUT2D eigenvalue weighted by atomic mass is 79.9. The van der Waals surface area contributed by atoms with Crippen LogP contribution in [-0.4, -0.2) is 12.9 Å². The fourth-order valence-electron chi connectivity index (χ4n) is 2.03. The van der Waals surface area contributed by atoms with Crippen LogP contribution in [0, 0.1) is 13.8 Å². The lowest BCUT2D eigenvalue weighted by Gasteiger charge is -2.10. The average molecular weight is 334 g/mol. The molecule has 2 aromatic rings. The van der Waals surface area contributed by atoms with E-state index in [1.54, 1.807) is 18.2 Å². The Morgan fingerprint density at radius 3 is 2.50 bits per heavy atom. The molecule has 0 unspecified atom stereocenters. The van der Waals surface area contributed by atoms with E-state index in [2.05, 4.69) is 15.9 Å². The molecule has 0 aliphatic rings. The van der Waals surface area contributed by atoms with E-state index in [9.17, 15) is 4.79 Å². The third kappa shape index (κ3) is 2.70. The summed E-state index contributed by atoms with van der Waals surface area (Å²) in [6.07, 6.45) is 0. The summed E-state index contributed by atoms with van der Waals surface area (Å²) in [4.78, 5) is 12.6. The molecule has 104 valence electrons. The Balaban J connectivity index is 2.49. The first kappa shape index (κ1) is 14.6. The Hall–Kier alpha value is -1.81. The zero-order chi connectivity index (χ0) is 14.9. The molecule has 0 saturated carbocycles. The van der Waals surface area contributed by atoms with Gasteiger partial charge in [-0.1, -0.05) is 15.9 Å². The number of methoxy groups -OCH3 is 1. The van der Waals surface area contributed by atoms with Gasteiger partial charge in [-0.25, -0.2) is 0 Å². The molecule has 0 atom stereocenters. The zero-order valence-electron chi connectivity index (χ0n) is 11.7. The summed E-state index contributed by atoms with van der Waals surface area (Å²) in [6, 6.07) is 8.93. The van der Waals surface area contributed by atoms with Gasteiger partial charge in [-0.3, -0.25) is 4.79 Å². The van der Waals surface area contributed by atoms with Crippen molar-refractivity contribution in [2.75, 3.05) is 12.8 Å². The van der Waals surface area contributed by atoms with Crippen LogP contribution in [0.4, 0.5) is 5.69 Å². The maximum absolute atomic E-state index is 12.6. The van der Waals surface area contributed by atoms with Crippen molar-refractivity contribution >= 4 is 27.4 Å². The van der Waals surface area contributed by atoms with Gasteiger partial charge in [0, 0.05) is 15.6 Å². The molecule has 4 heteroatoms. The van der Waals surface area contributed by atoms with Gasteiger partial charge in [-0.15, -0.1) is 0 Å². The highest BCUT2D eigenvalue weighted by molar-refractivity contribution is 9.10. The van der Waals surface area contributed by atoms with E-state index in [1.165, 1.54) is 7.11 Å². The minimum atomic E-state index is -0.0311. The van der Waals surface area contributed by atoms with Gasteiger partial charge in [0.25, 0.3) is 0 Å². The molecule has 2 aromatic carbocycles. The molecule has 0 fully saturated rings. The molecule has 3 nitrogen and oxygen atoms in total. The molecule has 0 radical (unpaired) electrons. The SMILES string of the molecule is COc1cc(C(=O)c2cc(C)c(Br)cc2C)ccc1N. The molecular weight excluding hydrogens is 318 g/mol. The molecule has 0 bridgehead atoms. The highest BCUT2D eigenvalue weighted by Crippen LogP contribution is 2.26. The summed E-state index contributed by atoms with van der Waals surface area (Å²) in [5.74, 6) is 0.485. The third-order valence-electron chi connectivity index (χ3n) is 3.25. The van der Waals surface area contributed by atoms with Gasteiger partial charge in [0.1, 0.15) is 5.75 Å². The number of carbonyl (C=O) groups excluding carboxylic acids is 1. The van der Waals surface area contributed by atoms with Crippen molar-refractivity contribution in [3.8, 4) is 5.75 Å². The molecule has 0 aliphatic heterocycles. The first-order valence-corrected chi connectivity index (χ1v) is 6.98. The summed E-state index contributed by atoms with van der Waals surface area (Å²) in [5.41, 5.74) is 9.52. The van der Waals surface area contributed by atoms with Crippen molar-refractivity contribution < 1.29 is 9.53 Å². The number of aryl methyl sites for hydroxylation is 2. The second-order valence-electron chi connectivity index (χ2n) is 4.70. The van der Waals surface area contributed by atoms with E-state index in [0.717, 1.165) is 15.6 Å². The van der Waals surface area contributed by atoms with Crippen LogP contribution in [0.5, 0.6) is 5.75 Å². The van der Waals surface area contributed by atoms with Gasteiger partial charge in [0.2, 0.25) is 0 Å². The summed E-state index contributed by atoms with van der Waals surface area (Å²) >= 11 is 3.47. The van der Waals surface area contributed by atoms with Gasteiger partial charge < -0.3 is 10.5 Å². The smallest absolute Gasteiger partial charge is 0.193 e. The largest absolute Gasteiger partial charge is 0.495 e. The van der Waals surface area contributed by atoms with Crippen molar-refractivity contribution in [1.82, 2.24) is 0 Å². The van der Waals surface area contributed by atoms with E-state index in [4.69, 9.17) is 10.5 Å². The number of nitrogen functional groups attached to an aromatic ring is 1. The standard InChI is InChI=1S/C16H16BrNO2/c1-9-7-13(17)10(2)6-12(9)16(19)11-4-5-14(18)15(8-11)20-3/h4-8H,18H2,1-3H3. The molecule has 0 saturated heterocycles. The molecule has 0 heterocycles. The van der Waals surface area contributed by atoms with Gasteiger partial charge in [0.15, 0.2) is 5.78 Å². The second-order valence-corrected chi connectivity index (χ2v) is 5.56. The first-order chi connectivity index (χ1) is 9.43. The summed E-state index contributed by atoms with van der Waals surface area (Å²) in [7, 11) is 1.54. The molecule has 20 heavy (non-hydrogen) atoms. The zero-order valence-corrected chi connectivity index (χ0v) is 13.2. The molecular formula is C16H16BrNO2. The maximum Gasteiger partial charge on any atom is 0.193 e. The van der Waals surface area contributed by atoms with Crippen LogP contribution in [0.15, 0.2) is 34.8 Å². The Bertz CT molecular complexity index is 680. The summed E-state index contributed by atoms with van der Waals surface area (Å²) in [6.45, 7) is 3.88. The molecule has 0 spiro atoms. The number of ether oxygens (including phenoxy) is 1. The molecule has 2 rings (SSSR count). The Kier molecular flexibility index (Phi) is 4.14. The van der Waals surface area contributed by atoms with Crippen LogP contribution in [0.25, 0.3) is 0 Å². The molecule has 0 amide bonds. The predicted octanol–water partition coefficient (Wildman–Crippen LogP) is 3.89. The van der Waals surface area contributed by atoms with Gasteiger partial charge >= 0.3 is 0 Å². The van der Waals surface area contributed by atoms with Crippen molar-refractivity contribution in [2.45, 2.75) is 13.8 Å². The topological polar surface area (TPSA) is 52.3 Å². The lowest BCUT2D eigenvalue weighted by Crippen LogP contribution is -2.05. The number of halogens is 1. The third-order valence-corrected chi connectivity index (χ3v) is 4.10. The Morgan fingerprint density at radius 2 is 1.85 bits per heavy atom. The highest BCUT2D eigenvalue weighted by Gasteiger charge is 2.15. The molecule has 0 aromatic heterocycles. The summed E-state index contributed by atoms with van der Waals surface area (Å²) < 4.78 is 6.16. The number of hydrogen-bond donors (Lipinski definition) is 1. The number of nitrogens with two attached hydrogens (primary N) is 1. The molecule has 0 aliphatic carbocycles. The van der Waals surface area contributed by atoms with Gasteiger partial charge in [-0.2, -0.15) is 0 Å². The van der Waals surface area contributed by atoms with Gasteiger partial charge in [0.05, 0.1) is 12.8 Å². The van der Waals surface area contributed by atoms with E-state index < -0.39 is 0 Å². The van der Waals surface area contributed by atoms with Crippen molar-refractivity contribution in [3.05, 3.63) is 57.1 Å².